The van der Waals surface area contributed by atoms with Crippen LogP contribution in [0.1, 0.15) is 34.6 Å². The van der Waals surface area contributed by atoms with Crippen molar-refractivity contribution in [3.63, 3.8) is 0 Å². The number of ether oxygens (including phenoxy) is 1. The highest BCUT2D eigenvalue weighted by molar-refractivity contribution is 6.06. The number of rotatable bonds is 3. The molecular weight excluding hydrogens is 328 g/mol. The van der Waals surface area contributed by atoms with Crippen LogP contribution in [0.25, 0.3) is 10.9 Å². The second-order valence-electron chi connectivity index (χ2n) is 6.81. The molecule has 6 nitrogen and oxygen atoms in total. The van der Waals surface area contributed by atoms with Crippen LogP contribution in [-0.4, -0.2) is 45.0 Å². The zero-order valence-corrected chi connectivity index (χ0v) is 15.0. The second kappa shape index (κ2) is 6.78. The first kappa shape index (κ1) is 16.6. The standard InChI is InChI=1S/C20H22N4O2/c1-13-10-14(2)23-20(22-13)26-15-6-5-9-24(12-15)19(25)17-11-21-18-8-4-3-7-16(17)18/h3-4,7-8,10-11,15,21H,5-6,9,12H2,1-2H3. The molecule has 134 valence electrons. The van der Waals surface area contributed by atoms with Crippen molar-refractivity contribution < 1.29 is 9.53 Å². The van der Waals surface area contributed by atoms with Crippen molar-refractivity contribution in [1.29, 1.82) is 0 Å². The van der Waals surface area contributed by atoms with Gasteiger partial charge in [0.1, 0.15) is 6.10 Å². The molecule has 0 bridgehead atoms. The van der Waals surface area contributed by atoms with Gasteiger partial charge in [0.2, 0.25) is 0 Å². The number of hydrogen-bond donors (Lipinski definition) is 1. The van der Waals surface area contributed by atoms with Gasteiger partial charge in [-0.05, 0) is 38.8 Å². The largest absolute Gasteiger partial charge is 0.458 e. The molecule has 1 aliphatic rings. The predicted octanol–water partition coefficient (Wildman–Crippen LogP) is 3.26. The molecule has 1 saturated heterocycles. The number of para-hydroxylation sites is 1. The fraction of sp³-hybridized carbons (Fsp3) is 0.350. The Kier molecular flexibility index (Phi) is 4.32. The molecule has 1 fully saturated rings. The van der Waals surface area contributed by atoms with E-state index in [0.29, 0.717) is 18.1 Å². The summed E-state index contributed by atoms with van der Waals surface area (Å²) < 4.78 is 5.98. The summed E-state index contributed by atoms with van der Waals surface area (Å²) >= 11 is 0. The number of benzene rings is 1. The van der Waals surface area contributed by atoms with Crippen molar-refractivity contribution in [2.24, 2.45) is 0 Å². The normalized spacial score (nSPS) is 17.5. The molecule has 1 N–H and O–H groups in total. The monoisotopic (exact) mass is 350 g/mol. The Labute approximate surface area is 152 Å². The highest BCUT2D eigenvalue weighted by Crippen LogP contribution is 2.22. The number of aryl methyl sites for hydroxylation is 2. The maximum Gasteiger partial charge on any atom is 0.317 e. The summed E-state index contributed by atoms with van der Waals surface area (Å²) in [7, 11) is 0. The van der Waals surface area contributed by atoms with Gasteiger partial charge in [0.05, 0.1) is 12.1 Å². The van der Waals surface area contributed by atoms with Crippen molar-refractivity contribution in [3.8, 4) is 6.01 Å². The van der Waals surface area contributed by atoms with Crippen LogP contribution in [-0.2, 0) is 0 Å². The summed E-state index contributed by atoms with van der Waals surface area (Å²) in [6.45, 7) is 5.14. The number of aromatic amines is 1. The van der Waals surface area contributed by atoms with Gasteiger partial charge in [0, 0.05) is 35.0 Å². The van der Waals surface area contributed by atoms with Crippen molar-refractivity contribution in [1.82, 2.24) is 19.9 Å². The fourth-order valence-electron chi connectivity index (χ4n) is 3.53. The number of likely N-dealkylation sites (tertiary alicyclic amines) is 1. The van der Waals surface area contributed by atoms with Crippen LogP contribution < -0.4 is 4.74 Å². The van der Waals surface area contributed by atoms with Gasteiger partial charge >= 0.3 is 6.01 Å². The SMILES string of the molecule is Cc1cc(C)nc(OC2CCCN(C(=O)c3c[nH]c4ccccc34)C2)n1. The Morgan fingerprint density at radius 3 is 2.81 bits per heavy atom. The van der Waals surface area contributed by atoms with E-state index in [1.807, 2.05) is 49.1 Å². The van der Waals surface area contributed by atoms with E-state index in [2.05, 4.69) is 15.0 Å². The maximum absolute atomic E-state index is 13.0. The molecule has 26 heavy (non-hydrogen) atoms. The third kappa shape index (κ3) is 3.27. The van der Waals surface area contributed by atoms with Gasteiger partial charge in [-0.2, -0.15) is 0 Å². The van der Waals surface area contributed by atoms with Gasteiger partial charge in [0.15, 0.2) is 0 Å². The number of nitrogens with one attached hydrogen (secondary N) is 1. The van der Waals surface area contributed by atoms with Crippen LogP contribution in [0.2, 0.25) is 0 Å². The predicted molar refractivity (Wildman–Crippen MR) is 99.4 cm³/mol. The van der Waals surface area contributed by atoms with Crippen LogP contribution in [0, 0.1) is 13.8 Å². The topological polar surface area (TPSA) is 71.1 Å². The van der Waals surface area contributed by atoms with E-state index < -0.39 is 0 Å². The van der Waals surface area contributed by atoms with Gasteiger partial charge in [-0.1, -0.05) is 18.2 Å². The minimum atomic E-state index is -0.0842. The van der Waals surface area contributed by atoms with Crippen LogP contribution in [0.4, 0.5) is 0 Å². The third-order valence-corrected chi connectivity index (χ3v) is 4.72. The van der Waals surface area contributed by atoms with E-state index in [1.165, 1.54) is 0 Å². The minimum absolute atomic E-state index is 0.0390. The number of hydrogen-bond acceptors (Lipinski definition) is 4. The van der Waals surface area contributed by atoms with Crippen molar-refractivity contribution in [2.45, 2.75) is 32.8 Å². The minimum Gasteiger partial charge on any atom is -0.458 e. The van der Waals surface area contributed by atoms with Gasteiger partial charge in [-0.25, -0.2) is 9.97 Å². The Balaban J connectivity index is 1.50. The third-order valence-electron chi connectivity index (χ3n) is 4.72. The molecule has 1 unspecified atom stereocenters. The lowest BCUT2D eigenvalue weighted by atomic mass is 10.1. The highest BCUT2D eigenvalue weighted by Gasteiger charge is 2.27. The number of carbonyl (C=O) groups is 1. The van der Waals surface area contributed by atoms with Gasteiger partial charge in [-0.15, -0.1) is 0 Å². The zero-order valence-electron chi connectivity index (χ0n) is 15.0. The number of aromatic nitrogens is 3. The summed E-state index contributed by atoms with van der Waals surface area (Å²) in [5, 5.41) is 0.957. The van der Waals surface area contributed by atoms with E-state index in [-0.39, 0.29) is 12.0 Å². The van der Waals surface area contributed by atoms with Crippen molar-refractivity contribution in [3.05, 3.63) is 53.5 Å². The summed E-state index contributed by atoms with van der Waals surface area (Å²) in [6.07, 6.45) is 3.52. The summed E-state index contributed by atoms with van der Waals surface area (Å²) in [5.74, 6) is 0.0390. The number of piperidine rings is 1. The van der Waals surface area contributed by atoms with Crippen LogP contribution >= 0.6 is 0 Å². The average molecular weight is 350 g/mol. The first-order valence-corrected chi connectivity index (χ1v) is 8.94. The molecule has 0 spiro atoms. The molecule has 1 aromatic carbocycles. The molecule has 0 aliphatic carbocycles. The molecule has 1 atom stereocenters. The highest BCUT2D eigenvalue weighted by atomic mass is 16.5. The van der Waals surface area contributed by atoms with Gasteiger partial charge < -0.3 is 14.6 Å². The smallest absolute Gasteiger partial charge is 0.317 e. The number of amides is 1. The number of fused-ring (bicyclic) bond motifs is 1. The quantitative estimate of drug-likeness (QED) is 0.787. The molecule has 2 aromatic heterocycles. The van der Waals surface area contributed by atoms with E-state index in [1.54, 1.807) is 6.20 Å². The molecule has 0 saturated carbocycles. The van der Waals surface area contributed by atoms with Crippen LogP contribution in [0.3, 0.4) is 0 Å². The van der Waals surface area contributed by atoms with E-state index in [0.717, 1.165) is 41.7 Å². The van der Waals surface area contributed by atoms with Crippen molar-refractivity contribution in [2.75, 3.05) is 13.1 Å². The average Bonchev–Trinajstić information content (AvgIpc) is 3.04. The molecule has 3 aromatic rings. The fourth-order valence-corrected chi connectivity index (χ4v) is 3.53. The summed E-state index contributed by atoms with van der Waals surface area (Å²) in [5.41, 5.74) is 3.46. The second-order valence-corrected chi connectivity index (χ2v) is 6.81. The Hall–Kier alpha value is -2.89. The van der Waals surface area contributed by atoms with Crippen molar-refractivity contribution >= 4 is 16.8 Å². The molecule has 3 heterocycles. The van der Waals surface area contributed by atoms with Crippen LogP contribution in [0.5, 0.6) is 6.01 Å². The number of nitrogens with zero attached hydrogens (tertiary/aromatic N) is 3. The first-order chi connectivity index (χ1) is 12.6. The molecule has 1 aliphatic heterocycles. The summed E-state index contributed by atoms with van der Waals surface area (Å²) in [6, 6.07) is 10.2. The Bertz CT molecular complexity index is 930. The summed E-state index contributed by atoms with van der Waals surface area (Å²) in [4.78, 5) is 26.7. The molecular formula is C20H22N4O2. The van der Waals surface area contributed by atoms with E-state index >= 15 is 0 Å². The molecule has 6 heteroatoms. The Morgan fingerprint density at radius 1 is 1.23 bits per heavy atom. The van der Waals surface area contributed by atoms with Gasteiger partial charge in [-0.3, -0.25) is 4.79 Å². The van der Waals surface area contributed by atoms with Crippen LogP contribution in [0.15, 0.2) is 36.5 Å². The number of H-pyrrole nitrogens is 1. The lowest BCUT2D eigenvalue weighted by molar-refractivity contribution is 0.0516. The Morgan fingerprint density at radius 2 is 2.00 bits per heavy atom. The lowest BCUT2D eigenvalue weighted by Gasteiger charge is -2.32. The zero-order chi connectivity index (χ0) is 18.1. The first-order valence-electron chi connectivity index (χ1n) is 8.94. The number of carbonyl (C=O) groups excluding carboxylic acids is 1. The molecule has 1 amide bonds. The van der Waals surface area contributed by atoms with E-state index in [4.69, 9.17) is 4.74 Å². The molecule has 0 radical (unpaired) electrons. The van der Waals surface area contributed by atoms with Gasteiger partial charge in [0.25, 0.3) is 5.91 Å². The lowest BCUT2D eigenvalue weighted by Crippen LogP contribution is -2.44. The van der Waals surface area contributed by atoms with E-state index in [9.17, 15) is 4.79 Å². The maximum atomic E-state index is 13.0. The molecule has 4 rings (SSSR count).